The van der Waals surface area contributed by atoms with E-state index in [9.17, 15) is 19.2 Å². The van der Waals surface area contributed by atoms with E-state index in [1.807, 2.05) is 18.2 Å². The van der Waals surface area contributed by atoms with Gasteiger partial charge in [0.25, 0.3) is 17.1 Å². The number of imide groups is 1. The molecule has 0 bridgehead atoms. The summed E-state index contributed by atoms with van der Waals surface area (Å²) < 4.78 is 11.6. The normalized spacial score (nSPS) is 16.6. The summed E-state index contributed by atoms with van der Waals surface area (Å²) in [5, 5.41) is 2.26. The molecule has 9 nitrogen and oxygen atoms in total. The molecule has 0 atom stereocenters. The van der Waals surface area contributed by atoms with E-state index >= 15 is 0 Å². The fraction of sp³-hybridized carbons (Fsp3) is 0.280. The van der Waals surface area contributed by atoms with Crippen molar-refractivity contribution in [3.63, 3.8) is 0 Å². The molecule has 2 saturated heterocycles. The van der Waals surface area contributed by atoms with Gasteiger partial charge in [-0.2, -0.15) is 0 Å². The summed E-state index contributed by atoms with van der Waals surface area (Å²) in [5.74, 6) is -0.408. The lowest BCUT2D eigenvalue weighted by molar-refractivity contribution is -0.135. The molecule has 2 fully saturated rings. The molecule has 4 rings (SSSR count). The molecule has 0 aromatic heterocycles. The smallest absolute Gasteiger partial charge is 0.294 e. The summed E-state index contributed by atoms with van der Waals surface area (Å²) in [6.45, 7) is 0.808. The summed E-state index contributed by atoms with van der Waals surface area (Å²) >= 11 is 4.22. The molecular weight excluding hydrogens is 550 g/mol. The lowest BCUT2D eigenvalue weighted by atomic mass is 10.2. The van der Waals surface area contributed by atoms with Crippen molar-refractivity contribution in [1.29, 1.82) is 0 Å². The Labute approximate surface area is 220 Å². The zero-order chi connectivity index (χ0) is 25.7. The first-order chi connectivity index (χ1) is 17.4. The Balaban J connectivity index is 1.44. The van der Waals surface area contributed by atoms with Crippen LogP contribution in [0.2, 0.25) is 0 Å². The lowest BCUT2D eigenvalue weighted by Crippen LogP contribution is -2.40. The summed E-state index contributed by atoms with van der Waals surface area (Å²) in [6.07, 6.45) is 3.42. The maximum Gasteiger partial charge on any atom is 0.294 e. The van der Waals surface area contributed by atoms with E-state index in [0.717, 1.165) is 29.5 Å². The molecule has 188 valence electrons. The average Bonchev–Trinajstić information content (AvgIpc) is 3.49. The minimum absolute atomic E-state index is 0.207. The quantitative estimate of drug-likeness (QED) is 0.473. The van der Waals surface area contributed by atoms with Crippen LogP contribution in [0.4, 0.5) is 10.5 Å². The van der Waals surface area contributed by atoms with Crippen molar-refractivity contribution >= 4 is 62.4 Å². The number of hydrogen-bond donors (Lipinski definition) is 1. The number of hydrogen-bond acceptors (Lipinski definition) is 7. The molecule has 2 aromatic rings. The number of halogens is 1. The third-order valence-electron chi connectivity index (χ3n) is 5.58. The first-order valence-electron chi connectivity index (χ1n) is 11.2. The maximum atomic E-state index is 12.8. The predicted molar refractivity (Wildman–Crippen MR) is 140 cm³/mol. The molecule has 4 amide bonds. The molecule has 1 N–H and O–H groups in total. The van der Waals surface area contributed by atoms with Crippen LogP contribution in [0.15, 0.2) is 51.8 Å². The van der Waals surface area contributed by atoms with Gasteiger partial charge in [0.15, 0.2) is 18.1 Å². The maximum absolute atomic E-state index is 12.8. The Morgan fingerprint density at radius 1 is 1.14 bits per heavy atom. The van der Waals surface area contributed by atoms with Gasteiger partial charge in [-0.1, -0.05) is 18.2 Å². The molecule has 0 aliphatic carbocycles. The highest BCUT2D eigenvalue weighted by Crippen LogP contribution is 2.39. The zero-order valence-corrected chi connectivity index (χ0v) is 21.9. The van der Waals surface area contributed by atoms with Crippen LogP contribution >= 0.6 is 27.7 Å². The van der Waals surface area contributed by atoms with Crippen molar-refractivity contribution < 1.29 is 28.7 Å². The number of rotatable bonds is 8. The Morgan fingerprint density at radius 2 is 1.86 bits per heavy atom. The first-order valence-corrected chi connectivity index (χ1v) is 12.8. The second-order valence-electron chi connectivity index (χ2n) is 8.09. The molecule has 2 heterocycles. The first kappa shape index (κ1) is 25.8. The molecule has 0 saturated carbocycles. The lowest BCUT2D eigenvalue weighted by Gasteiger charge is -2.18. The van der Waals surface area contributed by atoms with Gasteiger partial charge in [-0.25, -0.2) is 0 Å². The number of thioether (sulfide) groups is 1. The Kier molecular flexibility index (Phi) is 8.32. The number of likely N-dealkylation sites (tertiary alicyclic amines) is 1. The van der Waals surface area contributed by atoms with Crippen molar-refractivity contribution in [2.24, 2.45) is 0 Å². The van der Waals surface area contributed by atoms with Crippen LogP contribution in [0.25, 0.3) is 6.08 Å². The van der Waals surface area contributed by atoms with Crippen LogP contribution in [0, 0.1) is 0 Å². The van der Waals surface area contributed by atoms with Gasteiger partial charge in [-0.3, -0.25) is 24.1 Å². The summed E-state index contributed by atoms with van der Waals surface area (Å²) in [4.78, 5) is 52.8. The molecule has 0 radical (unpaired) electrons. The summed E-state index contributed by atoms with van der Waals surface area (Å²) in [7, 11) is 1.46. The van der Waals surface area contributed by atoms with E-state index in [2.05, 4.69) is 21.2 Å². The molecule has 2 aliphatic rings. The van der Waals surface area contributed by atoms with Crippen LogP contribution < -0.4 is 14.8 Å². The fourth-order valence-electron chi connectivity index (χ4n) is 3.81. The van der Waals surface area contributed by atoms with Crippen LogP contribution in [0.3, 0.4) is 0 Å². The zero-order valence-electron chi connectivity index (χ0n) is 19.5. The highest BCUT2D eigenvalue weighted by Gasteiger charge is 2.37. The minimum atomic E-state index is -0.509. The van der Waals surface area contributed by atoms with Crippen LogP contribution in [-0.2, 0) is 14.4 Å². The summed E-state index contributed by atoms with van der Waals surface area (Å²) in [5.41, 5.74) is 1.24. The number of carbonyl (C=O) groups excluding carboxylic acids is 4. The van der Waals surface area contributed by atoms with Gasteiger partial charge < -0.3 is 19.7 Å². The van der Waals surface area contributed by atoms with E-state index in [1.165, 1.54) is 7.11 Å². The van der Waals surface area contributed by atoms with Crippen molar-refractivity contribution in [3.8, 4) is 11.5 Å². The number of carbonyl (C=O) groups is 4. The molecule has 0 spiro atoms. The van der Waals surface area contributed by atoms with Gasteiger partial charge in [-0.15, -0.1) is 0 Å². The number of methoxy groups -OCH3 is 1. The van der Waals surface area contributed by atoms with E-state index in [4.69, 9.17) is 9.47 Å². The Hall–Kier alpha value is -3.31. The number of ether oxygens (including phenoxy) is 2. The van der Waals surface area contributed by atoms with Crippen LogP contribution in [-0.4, -0.2) is 66.1 Å². The number of amides is 4. The molecule has 0 unspecified atom stereocenters. The highest BCUT2D eigenvalue weighted by atomic mass is 79.9. The molecule has 2 aromatic carbocycles. The SMILES string of the molecule is COc1cc(/C=C2/SC(=O)N(CC(=O)N3CCCC3)C2=O)cc(Br)c1OCC(=O)Nc1ccccc1. The predicted octanol–water partition coefficient (Wildman–Crippen LogP) is 4.13. The van der Waals surface area contributed by atoms with Crippen molar-refractivity contribution in [2.45, 2.75) is 12.8 Å². The van der Waals surface area contributed by atoms with Crippen molar-refractivity contribution in [1.82, 2.24) is 9.80 Å². The van der Waals surface area contributed by atoms with E-state index < -0.39 is 11.1 Å². The number of nitrogens with zero attached hydrogens (tertiary/aromatic N) is 2. The van der Waals surface area contributed by atoms with Gasteiger partial charge in [0, 0.05) is 18.8 Å². The van der Waals surface area contributed by atoms with Crippen LogP contribution in [0.5, 0.6) is 11.5 Å². The molecular formula is C25H24BrN3O6S. The van der Waals surface area contributed by atoms with Crippen LogP contribution in [0.1, 0.15) is 18.4 Å². The highest BCUT2D eigenvalue weighted by molar-refractivity contribution is 9.10. The summed E-state index contributed by atoms with van der Waals surface area (Å²) in [6, 6.07) is 12.4. The Morgan fingerprint density at radius 3 is 2.56 bits per heavy atom. The topological polar surface area (TPSA) is 105 Å². The van der Waals surface area contributed by atoms with E-state index in [0.29, 0.717) is 40.3 Å². The van der Waals surface area contributed by atoms with E-state index in [-0.39, 0.29) is 29.9 Å². The molecule has 11 heteroatoms. The second kappa shape index (κ2) is 11.6. The standard InChI is InChI=1S/C25H24BrN3O6S/c1-34-19-12-16(11-18(26)23(19)35-15-21(30)27-17-7-3-2-4-8-17)13-20-24(32)29(25(33)36-20)14-22(31)28-9-5-6-10-28/h2-4,7-8,11-13H,5-6,9-10,14-15H2,1H3,(H,27,30)/b20-13+. The van der Waals surface area contributed by atoms with Crippen molar-refractivity contribution in [2.75, 3.05) is 38.7 Å². The number of anilines is 1. The van der Waals surface area contributed by atoms with Gasteiger partial charge in [0.2, 0.25) is 5.91 Å². The van der Waals surface area contributed by atoms with Gasteiger partial charge in [0.05, 0.1) is 16.5 Å². The number of benzene rings is 2. The monoisotopic (exact) mass is 573 g/mol. The number of para-hydroxylation sites is 1. The minimum Gasteiger partial charge on any atom is -0.493 e. The average molecular weight is 574 g/mol. The molecule has 36 heavy (non-hydrogen) atoms. The molecule has 2 aliphatic heterocycles. The number of nitrogens with one attached hydrogen (secondary N) is 1. The third kappa shape index (κ3) is 6.08. The van der Waals surface area contributed by atoms with Gasteiger partial charge >= 0.3 is 0 Å². The van der Waals surface area contributed by atoms with Gasteiger partial charge in [0.1, 0.15) is 6.54 Å². The largest absolute Gasteiger partial charge is 0.493 e. The van der Waals surface area contributed by atoms with Gasteiger partial charge in [-0.05, 0) is 76.4 Å². The Bertz CT molecular complexity index is 1210. The third-order valence-corrected chi connectivity index (χ3v) is 7.08. The second-order valence-corrected chi connectivity index (χ2v) is 9.94. The fourth-order valence-corrected chi connectivity index (χ4v) is 5.22. The van der Waals surface area contributed by atoms with Crippen molar-refractivity contribution in [3.05, 3.63) is 57.4 Å². The van der Waals surface area contributed by atoms with E-state index in [1.54, 1.807) is 35.2 Å².